The fraction of sp³-hybridized carbons (Fsp3) is 0.571. The van der Waals surface area contributed by atoms with E-state index in [-0.39, 0.29) is 0 Å². The molecule has 0 saturated heterocycles. The van der Waals surface area contributed by atoms with Crippen LogP contribution in [0.15, 0.2) is 12.4 Å². The minimum atomic E-state index is 0.474. The molecule has 1 fully saturated rings. The second-order valence-corrected chi connectivity index (χ2v) is 5.26. The molecule has 0 atom stereocenters. The van der Waals surface area contributed by atoms with Crippen LogP contribution in [0, 0.1) is 13.8 Å². The minimum absolute atomic E-state index is 0.474. The van der Waals surface area contributed by atoms with Gasteiger partial charge < -0.3 is 0 Å². The molecule has 100 valence electrons. The maximum atomic E-state index is 4.50. The molecule has 0 bridgehead atoms. The van der Waals surface area contributed by atoms with E-state index in [0.29, 0.717) is 6.04 Å². The van der Waals surface area contributed by atoms with Crippen molar-refractivity contribution in [3.63, 3.8) is 0 Å². The van der Waals surface area contributed by atoms with Crippen molar-refractivity contribution >= 4 is 0 Å². The van der Waals surface area contributed by atoms with Gasteiger partial charge in [0.2, 0.25) is 0 Å². The van der Waals surface area contributed by atoms with Crippen molar-refractivity contribution in [3.05, 3.63) is 23.9 Å². The Kier molecular flexibility index (Phi) is 3.27. The summed E-state index contributed by atoms with van der Waals surface area (Å²) >= 11 is 0. The zero-order valence-electron chi connectivity index (χ0n) is 11.5. The minimum Gasteiger partial charge on any atom is -0.241 e. The number of aryl methyl sites for hydroxylation is 2. The fourth-order valence-electron chi connectivity index (χ4n) is 2.86. The Balaban J connectivity index is 1.98. The third-order valence-corrected chi connectivity index (χ3v) is 3.69. The highest BCUT2D eigenvalue weighted by atomic mass is 15.4. The molecule has 0 amide bonds. The van der Waals surface area contributed by atoms with Gasteiger partial charge in [0.25, 0.3) is 0 Å². The van der Waals surface area contributed by atoms with Gasteiger partial charge in [-0.05, 0) is 32.8 Å². The first-order chi connectivity index (χ1) is 9.24. The molecule has 5 heteroatoms. The van der Waals surface area contributed by atoms with Crippen LogP contribution in [-0.2, 0) is 0 Å². The summed E-state index contributed by atoms with van der Waals surface area (Å²) in [5.41, 5.74) is 1.86. The number of hydrogen-bond acceptors (Lipinski definition) is 4. The third-order valence-electron chi connectivity index (χ3n) is 3.69. The lowest BCUT2D eigenvalue weighted by Crippen LogP contribution is -2.15. The van der Waals surface area contributed by atoms with Gasteiger partial charge in [0.1, 0.15) is 17.8 Å². The first kappa shape index (κ1) is 12.3. The van der Waals surface area contributed by atoms with Crippen molar-refractivity contribution in [1.82, 2.24) is 24.7 Å². The monoisotopic (exact) mass is 257 g/mol. The van der Waals surface area contributed by atoms with Crippen LogP contribution in [-0.4, -0.2) is 24.7 Å². The second kappa shape index (κ2) is 5.07. The molecule has 0 unspecified atom stereocenters. The SMILES string of the molecule is Cc1cc(-c2ncnn2C2CCCCC2)nc(C)n1. The summed E-state index contributed by atoms with van der Waals surface area (Å²) in [7, 11) is 0. The largest absolute Gasteiger partial charge is 0.241 e. The molecule has 2 heterocycles. The molecule has 1 saturated carbocycles. The van der Waals surface area contributed by atoms with Gasteiger partial charge in [0, 0.05) is 5.69 Å². The molecule has 0 spiro atoms. The topological polar surface area (TPSA) is 56.5 Å². The van der Waals surface area contributed by atoms with E-state index < -0.39 is 0 Å². The van der Waals surface area contributed by atoms with Crippen LogP contribution >= 0.6 is 0 Å². The van der Waals surface area contributed by atoms with E-state index in [1.165, 1.54) is 32.1 Å². The number of nitrogens with zero attached hydrogens (tertiary/aromatic N) is 5. The van der Waals surface area contributed by atoms with Crippen molar-refractivity contribution in [2.75, 3.05) is 0 Å². The Morgan fingerprint density at radius 1 is 1.11 bits per heavy atom. The van der Waals surface area contributed by atoms with Crippen molar-refractivity contribution in [3.8, 4) is 11.5 Å². The van der Waals surface area contributed by atoms with Crippen LogP contribution in [0.3, 0.4) is 0 Å². The van der Waals surface area contributed by atoms with Crippen LogP contribution < -0.4 is 0 Å². The molecule has 0 N–H and O–H groups in total. The van der Waals surface area contributed by atoms with Gasteiger partial charge in [-0.1, -0.05) is 19.3 Å². The van der Waals surface area contributed by atoms with Gasteiger partial charge in [0.15, 0.2) is 5.82 Å². The maximum Gasteiger partial charge on any atom is 0.177 e. The third kappa shape index (κ3) is 2.50. The molecule has 19 heavy (non-hydrogen) atoms. The lowest BCUT2D eigenvalue weighted by Gasteiger charge is -2.23. The van der Waals surface area contributed by atoms with E-state index in [9.17, 15) is 0 Å². The van der Waals surface area contributed by atoms with Gasteiger partial charge in [0.05, 0.1) is 6.04 Å². The number of rotatable bonds is 2. The smallest absolute Gasteiger partial charge is 0.177 e. The molecule has 1 aliphatic rings. The Morgan fingerprint density at radius 3 is 2.63 bits per heavy atom. The van der Waals surface area contributed by atoms with Crippen LogP contribution in [0.25, 0.3) is 11.5 Å². The van der Waals surface area contributed by atoms with Crippen molar-refractivity contribution in [2.45, 2.75) is 52.0 Å². The molecule has 2 aromatic rings. The van der Waals surface area contributed by atoms with E-state index in [2.05, 4.69) is 24.7 Å². The quantitative estimate of drug-likeness (QED) is 0.830. The molecule has 0 aromatic carbocycles. The molecular weight excluding hydrogens is 238 g/mol. The summed E-state index contributed by atoms with van der Waals surface area (Å²) in [6, 6.07) is 2.46. The molecular formula is C14H19N5. The molecule has 5 nitrogen and oxygen atoms in total. The van der Waals surface area contributed by atoms with Gasteiger partial charge in [-0.3, -0.25) is 0 Å². The molecule has 3 rings (SSSR count). The Bertz CT molecular complexity index is 549. The van der Waals surface area contributed by atoms with Gasteiger partial charge in [-0.2, -0.15) is 5.10 Å². The first-order valence-corrected chi connectivity index (χ1v) is 6.96. The predicted molar refractivity (Wildman–Crippen MR) is 72.6 cm³/mol. The fourth-order valence-corrected chi connectivity index (χ4v) is 2.86. The summed E-state index contributed by atoms with van der Waals surface area (Å²) < 4.78 is 2.06. The van der Waals surface area contributed by atoms with Crippen molar-refractivity contribution in [1.29, 1.82) is 0 Å². The van der Waals surface area contributed by atoms with E-state index >= 15 is 0 Å². The average Bonchev–Trinajstić information content (AvgIpc) is 2.88. The highest BCUT2D eigenvalue weighted by Crippen LogP contribution is 2.30. The van der Waals surface area contributed by atoms with Gasteiger partial charge in [-0.15, -0.1) is 0 Å². The Labute approximate surface area is 113 Å². The molecule has 0 radical (unpaired) electrons. The van der Waals surface area contributed by atoms with Crippen LogP contribution in [0.4, 0.5) is 0 Å². The highest BCUT2D eigenvalue weighted by molar-refractivity contribution is 5.49. The van der Waals surface area contributed by atoms with Crippen molar-refractivity contribution in [2.24, 2.45) is 0 Å². The summed E-state index contributed by atoms with van der Waals surface area (Å²) in [5, 5.41) is 4.42. The molecule has 0 aliphatic heterocycles. The summed E-state index contributed by atoms with van der Waals surface area (Å²) in [6.07, 6.45) is 7.93. The van der Waals surface area contributed by atoms with E-state index in [4.69, 9.17) is 0 Å². The summed E-state index contributed by atoms with van der Waals surface area (Å²) in [6.45, 7) is 3.90. The Morgan fingerprint density at radius 2 is 1.89 bits per heavy atom. The lowest BCUT2D eigenvalue weighted by molar-refractivity contribution is 0.331. The molecule has 2 aromatic heterocycles. The van der Waals surface area contributed by atoms with Crippen LogP contribution in [0.2, 0.25) is 0 Å². The number of hydrogen-bond donors (Lipinski definition) is 0. The van der Waals surface area contributed by atoms with E-state index in [1.54, 1.807) is 6.33 Å². The van der Waals surface area contributed by atoms with Gasteiger partial charge in [-0.25, -0.2) is 19.6 Å². The standard InChI is InChI=1S/C14H19N5/c1-10-8-13(18-11(2)17-10)14-15-9-16-19(14)12-6-4-3-5-7-12/h8-9,12H,3-7H2,1-2H3. The second-order valence-electron chi connectivity index (χ2n) is 5.26. The zero-order valence-corrected chi connectivity index (χ0v) is 11.5. The zero-order chi connectivity index (χ0) is 13.2. The normalized spacial score (nSPS) is 16.7. The lowest BCUT2D eigenvalue weighted by atomic mass is 9.95. The van der Waals surface area contributed by atoms with Crippen molar-refractivity contribution < 1.29 is 0 Å². The molecule has 1 aliphatic carbocycles. The van der Waals surface area contributed by atoms with E-state index in [1.807, 2.05) is 19.9 Å². The Hall–Kier alpha value is -1.78. The summed E-state index contributed by atoms with van der Waals surface area (Å²) in [4.78, 5) is 13.2. The predicted octanol–water partition coefficient (Wildman–Crippen LogP) is 2.86. The average molecular weight is 257 g/mol. The van der Waals surface area contributed by atoms with Crippen LogP contribution in [0.5, 0.6) is 0 Å². The van der Waals surface area contributed by atoms with Crippen LogP contribution in [0.1, 0.15) is 49.7 Å². The number of aromatic nitrogens is 5. The van der Waals surface area contributed by atoms with Gasteiger partial charge >= 0.3 is 0 Å². The summed E-state index contributed by atoms with van der Waals surface area (Å²) in [5.74, 6) is 1.66. The highest BCUT2D eigenvalue weighted by Gasteiger charge is 2.20. The first-order valence-electron chi connectivity index (χ1n) is 6.96. The van der Waals surface area contributed by atoms with E-state index in [0.717, 1.165) is 23.0 Å². The maximum absolute atomic E-state index is 4.50.